The first kappa shape index (κ1) is 11.4. The van der Waals surface area contributed by atoms with Crippen molar-refractivity contribution < 1.29 is 15.0 Å². The number of carboxylic acids is 1. The summed E-state index contributed by atoms with van der Waals surface area (Å²) in [5, 5.41) is 17.5. The monoisotopic (exact) mass is 174 g/mol. The molecule has 0 saturated heterocycles. The van der Waals surface area contributed by atoms with Gasteiger partial charge in [-0.3, -0.25) is 4.79 Å². The highest BCUT2D eigenvalue weighted by atomic mass is 16.4. The van der Waals surface area contributed by atoms with E-state index in [4.69, 9.17) is 10.2 Å². The lowest BCUT2D eigenvalue weighted by molar-refractivity contribution is -0.139. The van der Waals surface area contributed by atoms with Gasteiger partial charge in [0.05, 0.1) is 12.5 Å². The molecule has 0 heterocycles. The van der Waals surface area contributed by atoms with Gasteiger partial charge in [0.25, 0.3) is 0 Å². The number of unbranched alkanes of at least 4 members (excludes halogenated alkanes) is 3. The highest BCUT2D eigenvalue weighted by Crippen LogP contribution is 2.07. The fraction of sp³-hybridized carbons (Fsp3) is 0.889. The van der Waals surface area contributed by atoms with Crippen LogP contribution in [-0.2, 0) is 4.79 Å². The summed E-state index contributed by atoms with van der Waals surface area (Å²) in [5.41, 5.74) is 0. The van der Waals surface area contributed by atoms with Gasteiger partial charge in [-0.2, -0.15) is 0 Å². The molecule has 0 aliphatic heterocycles. The molecule has 0 aromatic rings. The number of aliphatic carboxylic acids is 1. The van der Waals surface area contributed by atoms with Crippen molar-refractivity contribution in [3.05, 3.63) is 0 Å². The minimum atomic E-state index is -0.919. The second kappa shape index (κ2) is 7.10. The Hall–Kier alpha value is -0.570. The highest BCUT2D eigenvalue weighted by molar-refractivity contribution is 5.67. The molecule has 12 heavy (non-hydrogen) atoms. The van der Waals surface area contributed by atoms with Gasteiger partial charge in [0.1, 0.15) is 0 Å². The zero-order chi connectivity index (χ0) is 9.40. The average Bonchev–Trinajstić information content (AvgIpc) is 1.97. The van der Waals surface area contributed by atoms with Crippen LogP contribution < -0.4 is 0 Å². The molecule has 1 unspecified atom stereocenters. The van der Waals surface area contributed by atoms with Crippen molar-refractivity contribution in [2.45, 2.75) is 51.6 Å². The fourth-order valence-electron chi connectivity index (χ4n) is 1.11. The molecule has 3 nitrogen and oxygen atoms in total. The summed E-state index contributed by atoms with van der Waals surface area (Å²) in [6, 6.07) is 0. The van der Waals surface area contributed by atoms with Gasteiger partial charge in [-0.15, -0.1) is 0 Å². The number of rotatable bonds is 7. The lowest BCUT2D eigenvalue weighted by Crippen LogP contribution is -2.12. The van der Waals surface area contributed by atoms with E-state index in [-0.39, 0.29) is 6.42 Å². The van der Waals surface area contributed by atoms with E-state index in [0.29, 0.717) is 6.42 Å². The number of hydrogen-bond acceptors (Lipinski definition) is 2. The Bertz CT molecular complexity index is 123. The van der Waals surface area contributed by atoms with Gasteiger partial charge in [-0.1, -0.05) is 32.6 Å². The van der Waals surface area contributed by atoms with Crippen LogP contribution in [0.15, 0.2) is 0 Å². The quantitative estimate of drug-likeness (QED) is 0.578. The predicted octanol–water partition coefficient (Wildman–Crippen LogP) is 1.79. The van der Waals surface area contributed by atoms with Crippen LogP contribution in [0.25, 0.3) is 0 Å². The highest BCUT2D eigenvalue weighted by Gasteiger charge is 2.07. The third-order valence-electron chi connectivity index (χ3n) is 1.80. The smallest absolute Gasteiger partial charge is 0.305 e. The Morgan fingerprint density at radius 3 is 2.50 bits per heavy atom. The normalized spacial score (nSPS) is 12.8. The van der Waals surface area contributed by atoms with E-state index in [9.17, 15) is 4.79 Å². The zero-order valence-electron chi connectivity index (χ0n) is 7.62. The fourth-order valence-corrected chi connectivity index (χ4v) is 1.11. The molecule has 0 radical (unpaired) electrons. The SMILES string of the molecule is CCCCCCC(O)CC(=O)O. The molecule has 1 atom stereocenters. The van der Waals surface area contributed by atoms with Crippen LogP contribution in [0.5, 0.6) is 0 Å². The van der Waals surface area contributed by atoms with Crippen LogP contribution in [0.3, 0.4) is 0 Å². The Labute approximate surface area is 73.4 Å². The summed E-state index contributed by atoms with van der Waals surface area (Å²) in [6.07, 6.45) is 4.20. The predicted molar refractivity (Wildman–Crippen MR) is 47.0 cm³/mol. The van der Waals surface area contributed by atoms with Crippen molar-refractivity contribution in [3.63, 3.8) is 0 Å². The molecule has 3 heteroatoms. The van der Waals surface area contributed by atoms with Gasteiger partial charge < -0.3 is 10.2 Å². The van der Waals surface area contributed by atoms with Gasteiger partial charge in [0.2, 0.25) is 0 Å². The van der Waals surface area contributed by atoms with Crippen molar-refractivity contribution in [1.29, 1.82) is 0 Å². The van der Waals surface area contributed by atoms with Crippen molar-refractivity contribution >= 4 is 5.97 Å². The molecule has 2 N–H and O–H groups in total. The van der Waals surface area contributed by atoms with Crippen molar-refractivity contribution in [3.8, 4) is 0 Å². The molecule has 0 saturated carbocycles. The van der Waals surface area contributed by atoms with E-state index in [2.05, 4.69) is 6.92 Å². The molecular weight excluding hydrogens is 156 g/mol. The van der Waals surface area contributed by atoms with Gasteiger partial charge in [0, 0.05) is 0 Å². The summed E-state index contributed by atoms with van der Waals surface area (Å²) in [4.78, 5) is 10.1. The average molecular weight is 174 g/mol. The van der Waals surface area contributed by atoms with Crippen LogP contribution in [0, 0.1) is 0 Å². The number of aliphatic hydroxyl groups excluding tert-OH is 1. The van der Waals surface area contributed by atoms with Gasteiger partial charge >= 0.3 is 5.97 Å². The molecule has 0 spiro atoms. The van der Waals surface area contributed by atoms with E-state index in [0.717, 1.165) is 19.3 Å². The Morgan fingerprint density at radius 1 is 1.33 bits per heavy atom. The Balaban J connectivity index is 3.19. The van der Waals surface area contributed by atoms with E-state index >= 15 is 0 Å². The second-order valence-electron chi connectivity index (χ2n) is 3.10. The summed E-state index contributed by atoms with van der Waals surface area (Å²) >= 11 is 0. The van der Waals surface area contributed by atoms with Crippen LogP contribution in [0.1, 0.15) is 45.4 Å². The minimum Gasteiger partial charge on any atom is -0.481 e. The summed E-state index contributed by atoms with van der Waals surface area (Å²) in [5.74, 6) is -0.919. The largest absolute Gasteiger partial charge is 0.481 e. The maximum absolute atomic E-state index is 10.1. The molecule has 0 aromatic heterocycles. The van der Waals surface area contributed by atoms with Crippen molar-refractivity contribution in [2.24, 2.45) is 0 Å². The van der Waals surface area contributed by atoms with E-state index < -0.39 is 12.1 Å². The van der Waals surface area contributed by atoms with E-state index in [1.54, 1.807) is 0 Å². The Morgan fingerprint density at radius 2 is 2.00 bits per heavy atom. The first-order chi connectivity index (χ1) is 5.66. The lowest BCUT2D eigenvalue weighted by Gasteiger charge is -2.06. The molecule has 0 amide bonds. The lowest BCUT2D eigenvalue weighted by atomic mass is 10.1. The first-order valence-electron chi connectivity index (χ1n) is 4.56. The zero-order valence-corrected chi connectivity index (χ0v) is 7.62. The molecule has 0 bridgehead atoms. The molecule has 0 aromatic carbocycles. The molecule has 0 fully saturated rings. The van der Waals surface area contributed by atoms with Crippen LogP contribution in [0.2, 0.25) is 0 Å². The van der Waals surface area contributed by atoms with Crippen molar-refractivity contribution in [2.75, 3.05) is 0 Å². The summed E-state index contributed by atoms with van der Waals surface area (Å²) in [6.45, 7) is 2.12. The third kappa shape index (κ3) is 7.54. The topological polar surface area (TPSA) is 57.5 Å². The number of hydrogen-bond donors (Lipinski definition) is 2. The molecular formula is C9H18O3. The summed E-state index contributed by atoms with van der Waals surface area (Å²) in [7, 11) is 0. The number of aliphatic hydroxyl groups is 1. The molecule has 0 aliphatic rings. The summed E-state index contributed by atoms with van der Waals surface area (Å²) < 4.78 is 0. The first-order valence-corrected chi connectivity index (χ1v) is 4.56. The minimum absolute atomic E-state index is 0.119. The van der Waals surface area contributed by atoms with Crippen molar-refractivity contribution in [1.82, 2.24) is 0 Å². The van der Waals surface area contributed by atoms with Crippen LogP contribution in [0.4, 0.5) is 0 Å². The molecule has 72 valence electrons. The number of carboxylic acid groups (broad SMARTS) is 1. The number of carbonyl (C=O) groups is 1. The van der Waals surface area contributed by atoms with Crippen LogP contribution in [-0.4, -0.2) is 22.3 Å². The van der Waals surface area contributed by atoms with Gasteiger partial charge in [0.15, 0.2) is 0 Å². The van der Waals surface area contributed by atoms with Gasteiger partial charge in [-0.05, 0) is 6.42 Å². The van der Waals surface area contributed by atoms with E-state index in [1.165, 1.54) is 6.42 Å². The Kier molecular flexibility index (Phi) is 6.76. The maximum Gasteiger partial charge on any atom is 0.305 e. The molecule has 0 rings (SSSR count). The third-order valence-corrected chi connectivity index (χ3v) is 1.80. The van der Waals surface area contributed by atoms with E-state index in [1.807, 2.05) is 0 Å². The molecule has 0 aliphatic carbocycles. The second-order valence-corrected chi connectivity index (χ2v) is 3.10. The maximum atomic E-state index is 10.1. The van der Waals surface area contributed by atoms with Crippen LogP contribution >= 0.6 is 0 Å². The standard InChI is InChI=1S/C9H18O3/c1-2-3-4-5-6-8(10)7-9(11)12/h8,10H,2-7H2,1H3,(H,11,12). The van der Waals surface area contributed by atoms with Gasteiger partial charge in [-0.25, -0.2) is 0 Å².